The van der Waals surface area contributed by atoms with Crippen LogP contribution in [0.5, 0.6) is 0 Å². The predicted octanol–water partition coefficient (Wildman–Crippen LogP) is 3.55. The molecule has 1 aromatic carbocycles. The van der Waals surface area contributed by atoms with E-state index in [2.05, 4.69) is 5.16 Å². The lowest BCUT2D eigenvalue weighted by Crippen LogP contribution is -2.05. The van der Waals surface area contributed by atoms with Gasteiger partial charge in [-0.3, -0.25) is 0 Å². The van der Waals surface area contributed by atoms with Crippen LogP contribution in [0.15, 0.2) is 34.9 Å². The van der Waals surface area contributed by atoms with Crippen LogP contribution in [0.3, 0.4) is 0 Å². The van der Waals surface area contributed by atoms with Gasteiger partial charge in [0.15, 0.2) is 11.5 Å². The van der Waals surface area contributed by atoms with Gasteiger partial charge in [-0.1, -0.05) is 11.2 Å². The van der Waals surface area contributed by atoms with E-state index in [9.17, 15) is 18.0 Å². The fourth-order valence-electron chi connectivity index (χ4n) is 2.34. The van der Waals surface area contributed by atoms with E-state index >= 15 is 0 Å². The van der Waals surface area contributed by atoms with E-state index < -0.39 is 17.7 Å². The Balaban J connectivity index is 2.23. The molecule has 0 aliphatic rings. The highest BCUT2D eigenvalue weighted by atomic mass is 19.4. The van der Waals surface area contributed by atoms with E-state index in [1.165, 1.54) is 22.8 Å². The van der Waals surface area contributed by atoms with Gasteiger partial charge in [0.05, 0.1) is 11.3 Å². The van der Waals surface area contributed by atoms with Crippen LogP contribution in [0, 0.1) is 0 Å². The standard InChI is InChI=1S/C14H9F3N2O3/c1-19-10-4-2-3-8(14(15,16)17)7(10)5-11(19)12-6-9(13(20)21)18-22-12/h2-6H,1H3,(H,20,21). The molecular weight excluding hydrogens is 301 g/mol. The molecule has 3 aromatic rings. The van der Waals surface area contributed by atoms with Crippen LogP contribution in [0.1, 0.15) is 16.1 Å². The van der Waals surface area contributed by atoms with Crippen molar-refractivity contribution in [3.8, 4) is 11.5 Å². The second kappa shape index (κ2) is 4.62. The topological polar surface area (TPSA) is 68.3 Å². The summed E-state index contributed by atoms with van der Waals surface area (Å²) in [6.45, 7) is 0. The van der Waals surface area contributed by atoms with E-state index in [-0.39, 0.29) is 16.8 Å². The van der Waals surface area contributed by atoms with Gasteiger partial charge in [-0.15, -0.1) is 0 Å². The minimum absolute atomic E-state index is 0.0146. The van der Waals surface area contributed by atoms with Gasteiger partial charge >= 0.3 is 12.1 Å². The lowest BCUT2D eigenvalue weighted by molar-refractivity contribution is -0.136. The average Bonchev–Trinajstić information content (AvgIpc) is 3.03. The number of rotatable bonds is 2. The Bertz CT molecular complexity index is 877. The van der Waals surface area contributed by atoms with Gasteiger partial charge in [0.25, 0.3) is 0 Å². The molecule has 3 rings (SSSR count). The Kier molecular flexibility index (Phi) is 2.98. The largest absolute Gasteiger partial charge is 0.476 e. The molecule has 2 heterocycles. The number of aromatic nitrogens is 2. The molecule has 0 fully saturated rings. The number of carboxylic acids is 1. The number of alkyl halides is 3. The molecule has 0 aliphatic heterocycles. The number of carbonyl (C=O) groups is 1. The SMILES string of the molecule is Cn1c(-c2cc(C(=O)O)no2)cc2c(C(F)(F)F)cccc21. The Labute approximate surface area is 121 Å². The molecule has 5 nitrogen and oxygen atoms in total. The second-order valence-electron chi connectivity index (χ2n) is 4.71. The van der Waals surface area contributed by atoms with Crippen LogP contribution in [0.4, 0.5) is 13.2 Å². The summed E-state index contributed by atoms with van der Waals surface area (Å²) in [5, 5.41) is 12.2. The zero-order valence-electron chi connectivity index (χ0n) is 11.2. The van der Waals surface area contributed by atoms with Gasteiger partial charge in [0.1, 0.15) is 0 Å². The van der Waals surface area contributed by atoms with Crippen molar-refractivity contribution in [2.45, 2.75) is 6.18 Å². The van der Waals surface area contributed by atoms with Gasteiger partial charge < -0.3 is 14.2 Å². The summed E-state index contributed by atoms with van der Waals surface area (Å²) in [5.41, 5.74) is -0.397. The summed E-state index contributed by atoms with van der Waals surface area (Å²) < 4.78 is 45.6. The maximum atomic E-state index is 13.0. The molecule has 0 saturated heterocycles. The van der Waals surface area contributed by atoms with E-state index in [1.54, 1.807) is 13.1 Å². The number of halogens is 3. The number of carboxylic acid groups (broad SMARTS) is 1. The summed E-state index contributed by atoms with van der Waals surface area (Å²) in [4.78, 5) is 10.8. The van der Waals surface area contributed by atoms with Gasteiger partial charge in [-0.2, -0.15) is 13.2 Å². The van der Waals surface area contributed by atoms with E-state index in [0.29, 0.717) is 11.2 Å². The first kappa shape index (κ1) is 14.2. The Hall–Kier alpha value is -2.77. The molecule has 0 spiro atoms. The smallest absolute Gasteiger partial charge is 0.417 e. The number of aryl methyl sites for hydroxylation is 1. The third kappa shape index (κ3) is 2.12. The monoisotopic (exact) mass is 310 g/mol. The summed E-state index contributed by atoms with van der Waals surface area (Å²) in [5.74, 6) is -1.19. The summed E-state index contributed by atoms with van der Waals surface area (Å²) in [6.07, 6.45) is -4.48. The Morgan fingerprint density at radius 2 is 2.05 bits per heavy atom. The first-order valence-corrected chi connectivity index (χ1v) is 6.15. The molecule has 0 bridgehead atoms. The third-order valence-corrected chi connectivity index (χ3v) is 3.37. The molecule has 0 saturated carbocycles. The molecule has 0 radical (unpaired) electrons. The normalized spacial score (nSPS) is 12.0. The quantitative estimate of drug-likeness (QED) is 0.786. The third-order valence-electron chi connectivity index (χ3n) is 3.37. The fraction of sp³-hybridized carbons (Fsp3) is 0.143. The van der Waals surface area contributed by atoms with Gasteiger partial charge in [0.2, 0.25) is 0 Å². The number of hydrogen-bond donors (Lipinski definition) is 1. The molecule has 8 heteroatoms. The first-order chi connectivity index (χ1) is 10.3. The molecule has 2 aromatic heterocycles. The zero-order chi connectivity index (χ0) is 16.1. The van der Waals surface area contributed by atoms with Crippen molar-refractivity contribution < 1.29 is 27.6 Å². The Morgan fingerprint density at radius 1 is 1.32 bits per heavy atom. The average molecular weight is 310 g/mol. The van der Waals surface area contributed by atoms with Crippen molar-refractivity contribution in [2.24, 2.45) is 7.05 Å². The lowest BCUT2D eigenvalue weighted by atomic mass is 10.1. The molecule has 0 amide bonds. The first-order valence-electron chi connectivity index (χ1n) is 6.15. The van der Waals surface area contributed by atoms with Crippen molar-refractivity contribution >= 4 is 16.9 Å². The number of nitrogens with zero attached hydrogens (tertiary/aromatic N) is 2. The number of benzene rings is 1. The van der Waals surface area contributed by atoms with Crippen LogP contribution < -0.4 is 0 Å². The van der Waals surface area contributed by atoms with Gasteiger partial charge in [-0.25, -0.2) is 4.79 Å². The van der Waals surface area contributed by atoms with Crippen LogP contribution in [-0.4, -0.2) is 20.8 Å². The minimum atomic E-state index is -4.48. The van der Waals surface area contributed by atoms with Gasteiger partial charge in [0, 0.05) is 24.0 Å². The molecule has 1 N–H and O–H groups in total. The van der Waals surface area contributed by atoms with Crippen molar-refractivity contribution in [1.29, 1.82) is 0 Å². The maximum absolute atomic E-state index is 13.0. The number of fused-ring (bicyclic) bond motifs is 1. The maximum Gasteiger partial charge on any atom is 0.417 e. The van der Waals surface area contributed by atoms with E-state index in [1.807, 2.05) is 0 Å². The predicted molar refractivity (Wildman–Crippen MR) is 70.4 cm³/mol. The minimum Gasteiger partial charge on any atom is -0.476 e. The van der Waals surface area contributed by atoms with Crippen LogP contribution >= 0.6 is 0 Å². The van der Waals surface area contributed by atoms with Crippen molar-refractivity contribution in [2.75, 3.05) is 0 Å². The summed E-state index contributed by atoms with van der Waals surface area (Å²) >= 11 is 0. The number of aromatic carboxylic acids is 1. The van der Waals surface area contributed by atoms with Crippen molar-refractivity contribution in [3.05, 3.63) is 41.6 Å². The van der Waals surface area contributed by atoms with Crippen LogP contribution in [-0.2, 0) is 13.2 Å². The Morgan fingerprint density at radius 3 is 2.64 bits per heavy atom. The fourth-order valence-corrected chi connectivity index (χ4v) is 2.34. The summed E-state index contributed by atoms with van der Waals surface area (Å²) in [7, 11) is 1.57. The highest BCUT2D eigenvalue weighted by Gasteiger charge is 2.33. The highest BCUT2D eigenvalue weighted by molar-refractivity contribution is 5.91. The molecule has 0 unspecified atom stereocenters. The number of hydrogen-bond acceptors (Lipinski definition) is 3. The molecule has 0 aliphatic carbocycles. The lowest BCUT2D eigenvalue weighted by Gasteiger charge is -2.07. The molecular formula is C14H9F3N2O3. The zero-order valence-corrected chi connectivity index (χ0v) is 11.2. The van der Waals surface area contributed by atoms with E-state index in [0.717, 1.165) is 6.07 Å². The van der Waals surface area contributed by atoms with Crippen LogP contribution in [0.2, 0.25) is 0 Å². The molecule has 114 valence electrons. The van der Waals surface area contributed by atoms with Crippen molar-refractivity contribution in [3.63, 3.8) is 0 Å². The molecule has 0 atom stereocenters. The highest BCUT2D eigenvalue weighted by Crippen LogP contribution is 2.37. The molecule has 22 heavy (non-hydrogen) atoms. The van der Waals surface area contributed by atoms with Crippen molar-refractivity contribution in [1.82, 2.24) is 9.72 Å². The van der Waals surface area contributed by atoms with E-state index in [4.69, 9.17) is 9.63 Å². The van der Waals surface area contributed by atoms with Gasteiger partial charge in [-0.05, 0) is 18.2 Å². The summed E-state index contributed by atoms with van der Waals surface area (Å²) in [6, 6.07) is 6.34. The second-order valence-corrected chi connectivity index (χ2v) is 4.71. The van der Waals surface area contributed by atoms with Crippen LogP contribution in [0.25, 0.3) is 22.4 Å².